The molecule has 16 heavy (non-hydrogen) atoms. The second-order valence-corrected chi connectivity index (χ2v) is 4.60. The Labute approximate surface area is 98.0 Å². The summed E-state index contributed by atoms with van der Waals surface area (Å²) in [5.74, 6) is 0. The van der Waals surface area contributed by atoms with E-state index in [4.69, 9.17) is 11.6 Å². The first-order valence-corrected chi connectivity index (χ1v) is 5.57. The first-order chi connectivity index (χ1) is 7.58. The van der Waals surface area contributed by atoms with E-state index >= 15 is 0 Å². The van der Waals surface area contributed by atoms with Gasteiger partial charge in [0.2, 0.25) is 0 Å². The molecule has 5 nitrogen and oxygen atoms in total. The van der Waals surface area contributed by atoms with Crippen molar-refractivity contribution < 1.29 is 5.11 Å². The molecule has 0 spiro atoms. The zero-order valence-electron chi connectivity index (χ0n) is 9.03. The first kappa shape index (κ1) is 11.4. The normalized spacial score (nSPS) is 17.9. The highest BCUT2D eigenvalue weighted by Crippen LogP contribution is 2.35. The lowest BCUT2D eigenvalue weighted by atomic mass is 9.77. The number of hydrogen-bond donors (Lipinski definition) is 2. The van der Waals surface area contributed by atoms with Crippen LogP contribution in [0.4, 0.5) is 5.69 Å². The highest BCUT2D eigenvalue weighted by atomic mass is 35.5. The van der Waals surface area contributed by atoms with Gasteiger partial charge in [0, 0.05) is 7.05 Å². The number of aliphatic hydroxyl groups is 1. The van der Waals surface area contributed by atoms with E-state index in [1.54, 1.807) is 7.05 Å². The Morgan fingerprint density at radius 2 is 2.38 bits per heavy atom. The minimum absolute atomic E-state index is 0.0402. The monoisotopic (exact) mass is 243 g/mol. The summed E-state index contributed by atoms with van der Waals surface area (Å²) >= 11 is 5.93. The van der Waals surface area contributed by atoms with Crippen LogP contribution in [0.2, 0.25) is 5.02 Å². The van der Waals surface area contributed by atoms with E-state index < -0.39 is 0 Å². The summed E-state index contributed by atoms with van der Waals surface area (Å²) in [4.78, 5) is 11.5. The van der Waals surface area contributed by atoms with E-state index in [-0.39, 0.29) is 22.7 Å². The van der Waals surface area contributed by atoms with Crippen molar-refractivity contribution in [3.05, 3.63) is 21.6 Å². The Bertz CT molecular complexity index is 448. The molecule has 1 aliphatic carbocycles. The van der Waals surface area contributed by atoms with Crippen molar-refractivity contribution in [1.82, 2.24) is 9.78 Å². The fraction of sp³-hybridized carbons (Fsp3) is 0.600. The Balaban J connectivity index is 2.28. The molecule has 1 aromatic heterocycles. The van der Waals surface area contributed by atoms with Crippen molar-refractivity contribution >= 4 is 17.3 Å². The first-order valence-electron chi connectivity index (χ1n) is 5.19. The maximum Gasteiger partial charge on any atom is 0.287 e. The lowest BCUT2D eigenvalue weighted by molar-refractivity contribution is 0.144. The van der Waals surface area contributed by atoms with Gasteiger partial charge in [-0.15, -0.1) is 0 Å². The molecule has 0 amide bonds. The fourth-order valence-corrected chi connectivity index (χ4v) is 2.03. The number of hydrogen-bond acceptors (Lipinski definition) is 4. The molecule has 1 heterocycles. The third kappa shape index (κ3) is 1.81. The van der Waals surface area contributed by atoms with Gasteiger partial charge in [-0.3, -0.25) is 4.79 Å². The summed E-state index contributed by atoms with van der Waals surface area (Å²) in [6.45, 7) is 0.0402. The molecule has 1 saturated carbocycles. The van der Waals surface area contributed by atoms with Crippen LogP contribution in [0.15, 0.2) is 11.0 Å². The van der Waals surface area contributed by atoms with Crippen molar-refractivity contribution in [2.24, 2.45) is 7.05 Å². The van der Waals surface area contributed by atoms with Crippen molar-refractivity contribution in [2.75, 3.05) is 11.9 Å². The van der Waals surface area contributed by atoms with Crippen LogP contribution in [0.5, 0.6) is 0 Å². The molecule has 1 aliphatic rings. The zero-order valence-corrected chi connectivity index (χ0v) is 9.79. The van der Waals surface area contributed by atoms with E-state index in [0.717, 1.165) is 19.3 Å². The molecule has 0 unspecified atom stereocenters. The number of aromatic nitrogens is 2. The van der Waals surface area contributed by atoms with Crippen LogP contribution < -0.4 is 10.9 Å². The maximum atomic E-state index is 11.5. The van der Waals surface area contributed by atoms with Crippen molar-refractivity contribution in [2.45, 2.75) is 24.8 Å². The Kier molecular flexibility index (Phi) is 2.90. The lowest BCUT2D eigenvalue weighted by Crippen LogP contribution is -2.48. The smallest absolute Gasteiger partial charge is 0.287 e. The minimum atomic E-state index is -0.334. The summed E-state index contributed by atoms with van der Waals surface area (Å²) in [7, 11) is 1.54. The molecular weight excluding hydrogens is 230 g/mol. The van der Waals surface area contributed by atoms with Gasteiger partial charge in [0.05, 0.1) is 24.0 Å². The molecule has 0 atom stereocenters. The van der Waals surface area contributed by atoms with Gasteiger partial charge in [0.15, 0.2) is 0 Å². The SMILES string of the molecule is Cn1ncc(NC2(CO)CCC2)c(Cl)c1=O. The number of nitrogens with zero attached hydrogens (tertiary/aromatic N) is 2. The fourth-order valence-electron chi connectivity index (χ4n) is 1.81. The Morgan fingerprint density at radius 3 is 2.88 bits per heavy atom. The summed E-state index contributed by atoms with van der Waals surface area (Å²) in [5.41, 5.74) is -0.157. The summed E-state index contributed by atoms with van der Waals surface area (Å²) in [5, 5.41) is 16.4. The van der Waals surface area contributed by atoms with Crippen LogP contribution in [0.25, 0.3) is 0 Å². The molecule has 2 rings (SSSR count). The molecule has 0 radical (unpaired) electrons. The number of aryl methyl sites for hydroxylation is 1. The van der Waals surface area contributed by atoms with Crippen LogP contribution in [-0.2, 0) is 7.05 Å². The van der Waals surface area contributed by atoms with Crippen molar-refractivity contribution in [3.8, 4) is 0 Å². The van der Waals surface area contributed by atoms with Gasteiger partial charge in [0.1, 0.15) is 5.02 Å². The third-order valence-electron chi connectivity index (χ3n) is 3.09. The quantitative estimate of drug-likeness (QED) is 0.823. The molecule has 2 N–H and O–H groups in total. The van der Waals surface area contributed by atoms with E-state index in [1.807, 2.05) is 0 Å². The third-order valence-corrected chi connectivity index (χ3v) is 3.46. The van der Waals surface area contributed by atoms with Gasteiger partial charge >= 0.3 is 0 Å². The zero-order chi connectivity index (χ0) is 11.8. The highest BCUT2D eigenvalue weighted by Gasteiger charge is 2.36. The Morgan fingerprint density at radius 1 is 1.69 bits per heavy atom. The standard InChI is InChI=1S/C10H14ClN3O2/c1-14-9(16)8(11)7(5-12-14)13-10(6-15)3-2-4-10/h5,13,15H,2-4,6H2,1H3. The average molecular weight is 244 g/mol. The minimum Gasteiger partial charge on any atom is -0.394 e. The van der Waals surface area contributed by atoms with Gasteiger partial charge in [-0.05, 0) is 19.3 Å². The van der Waals surface area contributed by atoms with Gasteiger partial charge in [-0.1, -0.05) is 11.6 Å². The lowest BCUT2D eigenvalue weighted by Gasteiger charge is -2.41. The van der Waals surface area contributed by atoms with Crippen molar-refractivity contribution in [1.29, 1.82) is 0 Å². The van der Waals surface area contributed by atoms with Gasteiger partial charge in [-0.2, -0.15) is 5.10 Å². The van der Waals surface area contributed by atoms with E-state index in [1.165, 1.54) is 10.9 Å². The summed E-state index contributed by atoms with van der Waals surface area (Å²) in [6.07, 6.45) is 4.35. The molecule has 0 aliphatic heterocycles. The van der Waals surface area contributed by atoms with Crippen molar-refractivity contribution in [3.63, 3.8) is 0 Å². The Hall–Kier alpha value is -1.07. The van der Waals surface area contributed by atoms with Crippen LogP contribution in [0, 0.1) is 0 Å². The molecule has 0 bridgehead atoms. The van der Waals surface area contributed by atoms with Crippen LogP contribution in [-0.4, -0.2) is 27.0 Å². The maximum absolute atomic E-state index is 11.5. The number of aliphatic hydroxyl groups excluding tert-OH is 1. The average Bonchev–Trinajstić information content (AvgIpc) is 2.23. The van der Waals surface area contributed by atoms with Gasteiger partial charge in [-0.25, -0.2) is 4.68 Å². The van der Waals surface area contributed by atoms with Crippen LogP contribution >= 0.6 is 11.6 Å². The molecule has 1 aromatic rings. The van der Waals surface area contributed by atoms with Gasteiger partial charge in [0.25, 0.3) is 5.56 Å². The second kappa shape index (κ2) is 4.07. The number of anilines is 1. The molecule has 0 aromatic carbocycles. The number of halogens is 1. The predicted octanol–water partition coefficient (Wildman–Crippen LogP) is 0.761. The van der Waals surface area contributed by atoms with Crippen LogP contribution in [0.1, 0.15) is 19.3 Å². The summed E-state index contributed by atoms with van der Waals surface area (Å²) < 4.78 is 1.18. The molecular formula is C10H14ClN3O2. The predicted molar refractivity (Wildman–Crippen MR) is 61.8 cm³/mol. The molecule has 1 fully saturated rings. The second-order valence-electron chi connectivity index (χ2n) is 4.22. The number of nitrogens with one attached hydrogen (secondary N) is 1. The molecule has 6 heteroatoms. The molecule has 88 valence electrons. The highest BCUT2D eigenvalue weighted by molar-refractivity contribution is 6.32. The largest absolute Gasteiger partial charge is 0.394 e. The van der Waals surface area contributed by atoms with Gasteiger partial charge < -0.3 is 10.4 Å². The topological polar surface area (TPSA) is 67.2 Å². The van der Waals surface area contributed by atoms with E-state index in [2.05, 4.69) is 10.4 Å². The van der Waals surface area contributed by atoms with E-state index in [9.17, 15) is 9.90 Å². The number of rotatable bonds is 3. The van der Waals surface area contributed by atoms with Crippen LogP contribution in [0.3, 0.4) is 0 Å². The van der Waals surface area contributed by atoms with E-state index in [0.29, 0.717) is 5.69 Å². The summed E-state index contributed by atoms with van der Waals surface area (Å²) in [6, 6.07) is 0. The molecule has 0 saturated heterocycles.